The van der Waals surface area contributed by atoms with E-state index in [2.05, 4.69) is 14.1 Å². The Labute approximate surface area is 108 Å². The summed E-state index contributed by atoms with van der Waals surface area (Å²) in [7, 11) is 3.17. The van der Waals surface area contributed by atoms with Gasteiger partial charge in [0, 0.05) is 11.8 Å². The molecule has 0 saturated heterocycles. The number of nitrogens with zero attached hydrogens (tertiary/aromatic N) is 2. The van der Waals surface area contributed by atoms with Gasteiger partial charge in [-0.05, 0) is 12.1 Å². The predicted octanol–water partition coefficient (Wildman–Crippen LogP) is 2.95. The Bertz CT molecular complexity index is 518. The van der Waals surface area contributed by atoms with Gasteiger partial charge in [-0.3, -0.25) is 0 Å². The Morgan fingerprint density at radius 3 is 2.53 bits per heavy atom. The average molecular weight is 272 g/mol. The first-order valence-corrected chi connectivity index (χ1v) is 5.82. The van der Waals surface area contributed by atoms with Crippen molar-refractivity contribution >= 4 is 34.8 Å². The Kier molecular flexibility index (Phi) is 3.65. The molecule has 2 rings (SSSR count). The third kappa shape index (κ3) is 2.59. The van der Waals surface area contributed by atoms with Gasteiger partial charge in [0.1, 0.15) is 0 Å². The molecule has 1 heterocycles. The highest BCUT2D eigenvalue weighted by molar-refractivity contribution is 6.99. The maximum absolute atomic E-state index is 5.84. The average Bonchev–Trinajstić information content (AvgIpc) is 2.75. The first kappa shape index (κ1) is 11.9. The van der Waals surface area contributed by atoms with E-state index in [1.807, 2.05) is 6.07 Å². The largest absolute Gasteiger partial charge is 0.493 e. The minimum atomic E-state index is 0.352. The lowest BCUT2D eigenvalue weighted by atomic mass is 10.2. The van der Waals surface area contributed by atoms with Gasteiger partial charge in [-0.15, -0.1) is 0 Å². The maximum atomic E-state index is 5.84. The standard InChI is InChI=1S/C10H10ClN3O2S/c1-15-7-4-3-6(5-8(7)16-2)12-10-9(11)13-17-14-10/h3-5H,1-2H3,(H,12,14). The fourth-order valence-electron chi connectivity index (χ4n) is 1.30. The normalized spacial score (nSPS) is 10.1. The second kappa shape index (κ2) is 5.20. The van der Waals surface area contributed by atoms with E-state index in [4.69, 9.17) is 21.1 Å². The van der Waals surface area contributed by atoms with Crippen molar-refractivity contribution in [3.05, 3.63) is 23.4 Å². The fraction of sp³-hybridized carbons (Fsp3) is 0.200. The van der Waals surface area contributed by atoms with Crippen LogP contribution in [0.3, 0.4) is 0 Å². The van der Waals surface area contributed by atoms with Gasteiger partial charge in [0.05, 0.1) is 25.9 Å². The molecule has 0 fully saturated rings. The van der Waals surface area contributed by atoms with Crippen molar-refractivity contribution in [3.63, 3.8) is 0 Å². The predicted molar refractivity (Wildman–Crippen MR) is 67.7 cm³/mol. The zero-order valence-electron chi connectivity index (χ0n) is 9.23. The highest BCUT2D eigenvalue weighted by Gasteiger charge is 2.08. The molecule has 17 heavy (non-hydrogen) atoms. The molecule has 0 spiro atoms. The molecule has 0 atom stereocenters. The molecule has 0 unspecified atom stereocenters. The highest BCUT2D eigenvalue weighted by Crippen LogP contribution is 2.31. The molecule has 7 heteroatoms. The van der Waals surface area contributed by atoms with Crippen LogP contribution in [0.25, 0.3) is 0 Å². The third-order valence-corrected chi connectivity index (χ3v) is 2.99. The van der Waals surface area contributed by atoms with Gasteiger partial charge in [0.25, 0.3) is 0 Å². The van der Waals surface area contributed by atoms with Gasteiger partial charge in [0.2, 0.25) is 0 Å². The van der Waals surface area contributed by atoms with Crippen molar-refractivity contribution in [1.82, 2.24) is 8.75 Å². The topological polar surface area (TPSA) is 56.3 Å². The second-order valence-electron chi connectivity index (χ2n) is 3.10. The maximum Gasteiger partial charge on any atom is 0.187 e. The first-order chi connectivity index (χ1) is 8.24. The Morgan fingerprint density at radius 1 is 1.18 bits per heavy atom. The molecule has 2 aromatic rings. The Balaban J connectivity index is 2.25. The molecule has 0 bridgehead atoms. The summed E-state index contributed by atoms with van der Waals surface area (Å²) >= 11 is 6.89. The van der Waals surface area contributed by atoms with Crippen molar-refractivity contribution in [2.45, 2.75) is 0 Å². The van der Waals surface area contributed by atoms with E-state index >= 15 is 0 Å². The summed E-state index contributed by atoms with van der Waals surface area (Å²) in [6, 6.07) is 5.44. The van der Waals surface area contributed by atoms with Crippen molar-refractivity contribution in [1.29, 1.82) is 0 Å². The molecule has 0 saturated carbocycles. The van der Waals surface area contributed by atoms with Crippen LogP contribution >= 0.6 is 23.3 Å². The number of aromatic nitrogens is 2. The zero-order chi connectivity index (χ0) is 12.3. The molecule has 0 aliphatic rings. The number of hydrogen-bond acceptors (Lipinski definition) is 6. The minimum absolute atomic E-state index is 0.352. The van der Waals surface area contributed by atoms with Crippen LogP contribution in [-0.2, 0) is 0 Å². The Hall–Kier alpha value is -1.53. The van der Waals surface area contributed by atoms with E-state index in [1.54, 1.807) is 26.4 Å². The fourth-order valence-corrected chi connectivity index (χ4v) is 1.95. The van der Waals surface area contributed by atoms with E-state index < -0.39 is 0 Å². The van der Waals surface area contributed by atoms with E-state index in [1.165, 1.54) is 0 Å². The molecule has 1 aromatic heterocycles. The summed E-state index contributed by atoms with van der Waals surface area (Å²) in [5.41, 5.74) is 0.803. The number of anilines is 2. The quantitative estimate of drug-likeness (QED) is 0.926. The number of methoxy groups -OCH3 is 2. The molecule has 1 N–H and O–H groups in total. The van der Waals surface area contributed by atoms with Crippen LogP contribution < -0.4 is 14.8 Å². The number of rotatable bonds is 4. The molecule has 0 radical (unpaired) electrons. The molecule has 1 aromatic carbocycles. The molecule has 0 aliphatic carbocycles. The van der Waals surface area contributed by atoms with Gasteiger partial charge >= 0.3 is 0 Å². The molecule has 90 valence electrons. The first-order valence-electron chi connectivity index (χ1n) is 4.71. The molecular formula is C10H10ClN3O2S. The summed E-state index contributed by atoms with van der Waals surface area (Å²) in [5.74, 6) is 1.83. The number of hydrogen-bond donors (Lipinski definition) is 1. The number of nitrogens with one attached hydrogen (secondary N) is 1. The smallest absolute Gasteiger partial charge is 0.187 e. The highest BCUT2D eigenvalue weighted by atomic mass is 35.5. The van der Waals surface area contributed by atoms with Crippen LogP contribution in [0.1, 0.15) is 0 Å². The lowest BCUT2D eigenvalue weighted by Gasteiger charge is -2.09. The van der Waals surface area contributed by atoms with Crippen molar-refractivity contribution in [2.75, 3.05) is 19.5 Å². The third-order valence-electron chi connectivity index (χ3n) is 2.09. The summed E-state index contributed by atoms with van der Waals surface area (Å²) in [4.78, 5) is 0. The van der Waals surface area contributed by atoms with Gasteiger partial charge in [-0.1, -0.05) is 11.6 Å². The van der Waals surface area contributed by atoms with Crippen molar-refractivity contribution in [2.24, 2.45) is 0 Å². The summed E-state index contributed by atoms with van der Waals surface area (Å²) < 4.78 is 18.2. The zero-order valence-corrected chi connectivity index (χ0v) is 10.8. The van der Waals surface area contributed by atoms with Crippen LogP contribution in [0.15, 0.2) is 18.2 Å². The van der Waals surface area contributed by atoms with Crippen LogP contribution in [0.5, 0.6) is 11.5 Å². The molecular weight excluding hydrogens is 262 g/mol. The molecule has 5 nitrogen and oxygen atoms in total. The monoisotopic (exact) mass is 271 g/mol. The van der Waals surface area contributed by atoms with E-state index in [0.29, 0.717) is 22.5 Å². The van der Waals surface area contributed by atoms with Gasteiger partial charge in [-0.2, -0.15) is 8.75 Å². The number of benzene rings is 1. The van der Waals surface area contributed by atoms with Gasteiger partial charge in [-0.25, -0.2) is 0 Å². The Morgan fingerprint density at radius 2 is 1.94 bits per heavy atom. The second-order valence-corrected chi connectivity index (χ2v) is 3.98. The van der Waals surface area contributed by atoms with Crippen LogP contribution in [0, 0.1) is 0 Å². The van der Waals surface area contributed by atoms with Crippen LogP contribution in [0.4, 0.5) is 11.5 Å². The number of halogens is 1. The summed E-state index contributed by atoms with van der Waals surface area (Å²) in [5, 5.41) is 3.40. The van der Waals surface area contributed by atoms with E-state index in [9.17, 15) is 0 Å². The lowest BCUT2D eigenvalue weighted by Crippen LogP contribution is -1.94. The van der Waals surface area contributed by atoms with Crippen LogP contribution in [-0.4, -0.2) is 23.0 Å². The number of ether oxygens (including phenoxy) is 2. The van der Waals surface area contributed by atoms with Crippen LogP contribution in [0.2, 0.25) is 5.15 Å². The molecule has 0 aliphatic heterocycles. The van der Waals surface area contributed by atoms with Crippen molar-refractivity contribution < 1.29 is 9.47 Å². The lowest BCUT2D eigenvalue weighted by molar-refractivity contribution is 0.355. The molecule has 0 amide bonds. The summed E-state index contributed by atoms with van der Waals surface area (Å²) in [6.07, 6.45) is 0. The minimum Gasteiger partial charge on any atom is -0.493 e. The van der Waals surface area contributed by atoms with E-state index in [-0.39, 0.29) is 0 Å². The van der Waals surface area contributed by atoms with Gasteiger partial charge in [0.15, 0.2) is 22.5 Å². The van der Waals surface area contributed by atoms with Gasteiger partial charge < -0.3 is 14.8 Å². The SMILES string of the molecule is COc1ccc(Nc2nsnc2Cl)cc1OC. The summed E-state index contributed by atoms with van der Waals surface area (Å²) in [6.45, 7) is 0. The van der Waals surface area contributed by atoms with Crippen molar-refractivity contribution in [3.8, 4) is 11.5 Å². The van der Waals surface area contributed by atoms with E-state index in [0.717, 1.165) is 17.4 Å².